The summed E-state index contributed by atoms with van der Waals surface area (Å²) in [5, 5.41) is -6.35. The monoisotopic (exact) mass is 284 g/mol. The molecule has 0 rings (SSSR count). The van der Waals surface area contributed by atoms with Crippen molar-refractivity contribution in [1.82, 2.24) is 0 Å². The molecule has 11 heteroatoms. The third-order valence-corrected chi connectivity index (χ3v) is 2.12. The van der Waals surface area contributed by atoms with Crippen LogP contribution in [0.4, 0.5) is 26.3 Å². The summed E-state index contributed by atoms with van der Waals surface area (Å²) >= 11 is 0. The predicted octanol–water partition coefficient (Wildman–Crippen LogP) is -1.58. The van der Waals surface area contributed by atoms with E-state index in [1.54, 1.807) is 0 Å². The van der Waals surface area contributed by atoms with Crippen molar-refractivity contribution in [1.29, 1.82) is 0 Å². The second kappa shape index (κ2) is 4.78. The van der Waals surface area contributed by atoms with E-state index in [9.17, 15) is 39.3 Å². The second-order valence-corrected chi connectivity index (χ2v) is 3.85. The molecule has 0 atom stereocenters. The second-order valence-electron chi connectivity index (χ2n) is 2.43. The van der Waals surface area contributed by atoms with E-state index in [4.69, 9.17) is 0 Å². The zero-order valence-corrected chi connectivity index (χ0v) is 11.3. The fourth-order valence-electron chi connectivity index (χ4n) is 0.413. The molecule has 0 aromatic carbocycles. The van der Waals surface area contributed by atoms with Gasteiger partial charge in [0.05, 0.1) is 0 Å². The minimum Gasteiger partial charge on any atom is -0.743 e. The summed E-state index contributed by atoms with van der Waals surface area (Å²) in [4.78, 5) is 0. The Bertz CT molecular complexity index is 320. The number of halogens is 6. The van der Waals surface area contributed by atoms with Crippen molar-refractivity contribution in [2.24, 2.45) is 0 Å². The van der Waals surface area contributed by atoms with Crippen molar-refractivity contribution in [3.8, 4) is 0 Å². The third-order valence-electron chi connectivity index (χ3n) is 1.23. The zero-order valence-electron chi connectivity index (χ0n) is 7.40. The quantitative estimate of drug-likeness (QED) is 0.357. The van der Waals surface area contributed by atoms with Crippen LogP contribution in [0.3, 0.4) is 0 Å². The molecule has 0 radical (unpaired) electrons. The van der Waals surface area contributed by atoms with Crippen LogP contribution in [0.1, 0.15) is 6.92 Å². The maximum absolute atomic E-state index is 12.1. The molecule has 0 aliphatic carbocycles. The summed E-state index contributed by atoms with van der Waals surface area (Å²) in [6.07, 6.45) is 0. The first-order valence-electron chi connectivity index (χ1n) is 2.84. The molecule has 0 amide bonds. The maximum Gasteiger partial charge on any atom is 1.00 e. The Morgan fingerprint density at radius 2 is 1.27 bits per heavy atom. The standard InChI is InChI=1S/C4H4F6O3S.K/c1-2(5,6)3(7,8)4(9,10)14(11,12)13;/h1H3,(H,11,12,13);/q;+1/p-1. The van der Waals surface area contributed by atoms with Crippen molar-refractivity contribution in [2.45, 2.75) is 24.0 Å². The smallest absolute Gasteiger partial charge is 0.743 e. The summed E-state index contributed by atoms with van der Waals surface area (Å²) in [5.41, 5.74) is 0. The van der Waals surface area contributed by atoms with Crippen LogP contribution in [0.25, 0.3) is 0 Å². The van der Waals surface area contributed by atoms with Crippen LogP contribution in [0.15, 0.2) is 0 Å². The first-order valence-corrected chi connectivity index (χ1v) is 4.25. The average molecular weight is 284 g/mol. The van der Waals surface area contributed by atoms with Crippen molar-refractivity contribution in [3.63, 3.8) is 0 Å². The molecule has 0 saturated carbocycles. The van der Waals surface area contributed by atoms with Crippen LogP contribution in [0.2, 0.25) is 0 Å². The molecule has 15 heavy (non-hydrogen) atoms. The minimum atomic E-state index is -6.86. The van der Waals surface area contributed by atoms with Gasteiger partial charge in [-0.05, 0) is 0 Å². The van der Waals surface area contributed by atoms with Crippen LogP contribution in [-0.2, 0) is 10.1 Å². The Morgan fingerprint density at radius 3 is 1.33 bits per heavy atom. The summed E-state index contributed by atoms with van der Waals surface area (Å²) in [5.74, 6) is -11.6. The molecule has 0 bridgehead atoms. The van der Waals surface area contributed by atoms with E-state index in [1.165, 1.54) is 0 Å². The van der Waals surface area contributed by atoms with Gasteiger partial charge in [0.1, 0.15) is 0 Å². The summed E-state index contributed by atoms with van der Waals surface area (Å²) in [6, 6.07) is 0. The first-order chi connectivity index (χ1) is 5.75. The molecule has 0 unspecified atom stereocenters. The molecule has 0 aromatic heterocycles. The van der Waals surface area contributed by atoms with Crippen LogP contribution < -0.4 is 51.4 Å². The van der Waals surface area contributed by atoms with E-state index in [-0.39, 0.29) is 51.4 Å². The fraction of sp³-hybridized carbons (Fsp3) is 1.00. The van der Waals surface area contributed by atoms with Crippen LogP contribution >= 0.6 is 0 Å². The molecule has 0 aromatic rings. The van der Waals surface area contributed by atoms with Gasteiger partial charge >= 0.3 is 68.5 Å². The van der Waals surface area contributed by atoms with E-state index in [2.05, 4.69) is 0 Å². The van der Waals surface area contributed by atoms with E-state index >= 15 is 0 Å². The Balaban J connectivity index is 0. The number of hydrogen-bond acceptors (Lipinski definition) is 3. The molecular weight excluding hydrogens is 281 g/mol. The van der Waals surface area contributed by atoms with Crippen LogP contribution in [-0.4, -0.2) is 30.1 Å². The van der Waals surface area contributed by atoms with Gasteiger partial charge in [-0.1, -0.05) is 0 Å². The largest absolute Gasteiger partial charge is 1.00 e. The molecule has 0 heterocycles. The number of hydrogen-bond donors (Lipinski definition) is 0. The van der Waals surface area contributed by atoms with Crippen molar-refractivity contribution in [2.75, 3.05) is 0 Å². The van der Waals surface area contributed by atoms with Gasteiger partial charge in [0.2, 0.25) is 0 Å². The van der Waals surface area contributed by atoms with Gasteiger partial charge in [0.25, 0.3) is 0 Å². The van der Waals surface area contributed by atoms with Crippen molar-refractivity contribution in [3.05, 3.63) is 0 Å². The fourth-order valence-corrected chi connectivity index (χ4v) is 0.906. The van der Waals surface area contributed by atoms with Crippen LogP contribution in [0, 0.1) is 0 Å². The predicted molar refractivity (Wildman–Crippen MR) is 30.2 cm³/mol. The van der Waals surface area contributed by atoms with Gasteiger partial charge in [-0.15, -0.1) is 0 Å². The summed E-state index contributed by atoms with van der Waals surface area (Å²) in [7, 11) is -6.86. The Kier molecular flexibility index (Phi) is 5.89. The van der Waals surface area contributed by atoms with Gasteiger partial charge < -0.3 is 4.55 Å². The van der Waals surface area contributed by atoms with E-state index < -0.39 is 34.1 Å². The Labute approximate surface area is 123 Å². The van der Waals surface area contributed by atoms with Gasteiger partial charge in [-0.25, -0.2) is 8.42 Å². The summed E-state index contributed by atoms with van der Waals surface area (Å²) in [6.45, 7) is -0.619. The van der Waals surface area contributed by atoms with E-state index in [0.29, 0.717) is 0 Å². The molecule has 3 nitrogen and oxygen atoms in total. The Morgan fingerprint density at radius 1 is 1.00 bits per heavy atom. The molecule has 0 aliphatic heterocycles. The Hall–Kier alpha value is 1.13. The van der Waals surface area contributed by atoms with Crippen LogP contribution in [0.5, 0.6) is 0 Å². The normalized spacial score (nSPS) is 14.7. The first kappa shape index (κ1) is 18.5. The molecule has 0 saturated heterocycles. The van der Waals surface area contributed by atoms with Gasteiger partial charge in [-0.3, -0.25) is 0 Å². The molecule has 0 N–H and O–H groups in total. The molecular formula is C4H3F6KO3S. The van der Waals surface area contributed by atoms with E-state index in [1.807, 2.05) is 0 Å². The van der Waals surface area contributed by atoms with Gasteiger partial charge in [0.15, 0.2) is 10.1 Å². The van der Waals surface area contributed by atoms with Gasteiger partial charge in [0, 0.05) is 6.92 Å². The zero-order chi connectivity index (χ0) is 12.0. The molecule has 0 fully saturated rings. The topological polar surface area (TPSA) is 57.2 Å². The maximum atomic E-state index is 12.1. The molecule has 0 aliphatic rings. The van der Waals surface area contributed by atoms with Crippen molar-refractivity contribution < 1.29 is 90.7 Å². The van der Waals surface area contributed by atoms with Gasteiger partial charge in [-0.2, -0.15) is 26.3 Å². The van der Waals surface area contributed by atoms with E-state index in [0.717, 1.165) is 0 Å². The third kappa shape index (κ3) is 3.29. The molecule has 86 valence electrons. The molecule has 0 spiro atoms. The van der Waals surface area contributed by atoms with Crippen molar-refractivity contribution >= 4 is 10.1 Å². The average Bonchev–Trinajstić information content (AvgIpc) is 1.81. The minimum absolute atomic E-state index is 0. The number of alkyl halides is 6. The summed E-state index contributed by atoms with van der Waals surface area (Å²) < 4.78 is 101. The number of rotatable bonds is 3. The SMILES string of the molecule is CC(F)(F)C(F)(F)C(F)(F)S(=O)(=O)[O-].[K+].